The van der Waals surface area contributed by atoms with Crippen molar-refractivity contribution in [2.75, 3.05) is 29.5 Å². The molecule has 4 rings (SSSR count). The number of anilines is 1. The quantitative estimate of drug-likeness (QED) is 0.620. The summed E-state index contributed by atoms with van der Waals surface area (Å²) in [6.07, 6.45) is 3.80. The second-order valence-corrected chi connectivity index (χ2v) is 11.7. The molecule has 0 radical (unpaired) electrons. The number of nitrogens with zero attached hydrogens (tertiary/aromatic N) is 3. The third kappa shape index (κ3) is 4.51. The van der Waals surface area contributed by atoms with Gasteiger partial charge in [-0.1, -0.05) is 32.9 Å². The van der Waals surface area contributed by atoms with Crippen molar-refractivity contribution in [1.29, 1.82) is 0 Å². The van der Waals surface area contributed by atoms with Crippen LogP contribution in [-0.2, 0) is 15.3 Å². The molecule has 3 aromatic rings. The fraction of sp³-hybridized carbons (Fsp3) is 0.364. The molecular formula is C22H25N3O2S2. The van der Waals surface area contributed by atoms with E-state index in [-0.39, 0.29) is 16.9 Å². The molecule has 0 unspecified atom stereocenters. The molecule has 0 saturated carbocycles. The number of aromatic nitrogens is 2. The molecule has 0 spiro atoms. The normalized spacial score (nSPS) is 16.7. The molecule has 1 aliphatic rings. The van der Waals surface area contributed by atoms with Crippen LogP contribution in [0.3, 0.4) is 0 Å². The summed E-state index contributed by atoms with van der Waals surface area (Å²) in [7, 11) is -2.86. The van der Waals surface area contributed by atoms with Gasteiger partial charge in [-0.25, -0.2) is 13.4 Å². The van der Waals surface area contributed by atoms with Gasteiger partial charge in [-0.2, -0.15) is 0 Å². The van der Waals surface area contributed by atoms with Crippen molar-refractivity contribution in [1.82, 2.24) is 9.97 Å². The molecule has 152 valence electrons. The molecule has 2 aromatic heterocycles. The predicted octanol–water partition coefficient (Wildman–Crippen LogP) is 4.40. The van der Waals surface area contributed by atoms with Gasteiger partial charge in [0.05, 0.1) is 16.4 Å². The summed E-state index contributed by atoms with van der Waals surface area (Å²) in [5, 5.41) is 0.957. The zero-order valence-electron chi connectivity index (χ0n) is 16.9. The highest BCUT2D eigenvalue weighted by Crippen LogP contribution is 2.33. The van der Waals surface area contributed by atoms with E-state index in [1.54, 1.807) is 11.3 Å². The third-order valence-electron chi connectivity index (χ3n) is 5.15. The van der Waals surface area contributed by atoms with E-state index in [2.05, 4.69) is 72.0 Å². The highest BCUT2D eigenvalue weighted by atomic mass is 32.2. The first-order chi connectivity index (χ1) is 13.7. The molecule has 0 aliphatic carbocycles. The minimum atomic E-state index is -2.86. The van der Waals surface area contributed by atoms with E-state index < -0.39 is 9.84 Å². The Balaban J connectivity index is 1.50. The van der Waals surface area contributed by atoms with Crippen LogP contribution < -0.4 is 4.90 Å². The van der Waals surface area contributed by atoms with E-state index in [0.717, 1.165) is 32.4 Å². The van der Waals surface area contributed by atoms with Crippen LogP contribution in [0.1, 0.15) is 26.5 Å². The van der Waals surface area contributed by atoms with Crippen LogP contribution in [0, 0.1) is 0 Å². The Kier molecular flexibility index (Phi) is 5.21. The monoisotopic (exact) mass is 427 g/mol. The Morgan fingerprint density at radius 2 is 1.55 bits per heavy atom. The lowest BCUT2D eigenvalue weighted by Gasteiger charge is -2.28. The van der Waals surface area contributed by atoms with Crippen LogP contribution in [0.2, 0.25) is 0 Å². The molecule has 3 heterocycles. The Morgan fingerprint density at radius 3 is 2.14 bits per heavy atom. The lowest BCUT2D eigenvalue weighted by atomic mass is 9.91. The number of benzene rings is 1. The maximum Gasteiger partial charge on any atom is 0.153 e. The first-order valence-corrected chi connectivity index (χ1v) is 12.3. The standard InChI is InChI=1S/C22H25N3O2S2/c1-22(2,3)20-9-6-17(14-23-20)21-24-15-19(28-21)16-4-7-18(8-5-16)25-10-12-29(26,27)13-11-25/h4-9,14-15H,10-13H2,1-3H3. The van der Waals surface area contributed by atoms with Gasteiger partial charge in [0.1, 0.15) is 5.01 Å². The van der Waals surface area contributed by atoms with E-state index >= 15 is 0 Å². The minimum absolute atomic E-state index is 0.0346. The van der Waals surface area contributed by atoms with E-state index in [4.69, 9.17) is 0 Å². The van der Waals surface area contributed by atoms with Crippen molar-refractivity contribution < 1.29 is 8.42 Å². The van der Waals surface area contributed by atoms with Crippen molar-refractivity contribution in [3.05, 3.63) is 54.5 Å². The van der Waals surface area contributed by atoms with Gasteiger partial charge in [0.25, 0.3) is 0 Å². The van der Waals surface area contributed by atoms with Crippen LogP contribution in [-0.4, -0.2) is 43.0 Å². The van der Waals surface area contributed by atoms with Gasteiger partial charge in [0, 0.05) is 47.8 Å². The van der Waals surface area contributed by atoms with Gasteiger partial charge in [0.2, 0.25) is 0 Å². The van der Waals surface area contributed by atoms with Crippen molar-refractivity contribution in [2.45, 2.75) is 26.2 Å². The Hall–Kier alpha value is -2.25. The smallest absolute Gasteiger partial charge is 0.153 e. The van der Waals surface area contributed by atoms with E-state index in [1.165, 1.54) is 0 Å². The summed E-state index contributed by atoms with van der Waals surface area (Å²) in [6.45, 7) is 7.59. The molecule has 0 amide bonds. The van der Waals surface area contributed by atoms with Gasteiger partial charge >= 0.3 is 0 Å². The maximum atomic E-state index is 11.6. The molecule has 1 aromatic carbocycles. The highest BCUT2D eigenvalue weighted by Gasteiger charge is 2.21. The fourth-order valence-corrected chi connectivity index (χ4v) is 5.43. The van der Waals surface area contributed by atoms with E-state index in [9.17, 15) is 8.42 Å². The molecule has 1 aliphatic heterocycles. The number of hydrogen-bond acceptors (Lipinski definition) is 6. The summed E-state index contributed by atoms with van der Waals surface area (Å²) in [6, 6.07) is 12.4. The van der Waals surface area contributed by atoms with Crippen molar-refractivity contribution in [2.24, 2.45) is 0 Å². The van der Waals surface area contributed by atoms with Crippen molar-refractivity contribution in [3.8, 4) is 21.0 Å². The number of sulfone groups is 1. The van der Waals surface area contributed by atoms with E-state index in [0.29, 0.717) is 13.1 Å². The summed E-state index contributed by atoms with van der Waals surface area (Å²) in [4.78, 5) is 12.4. The van der Waals surface area contributed by atoms with Crippen LogP contribution in [0.15, 0.2) is 48.8 Å². The number of hydrogen-bond donors (Lipinski definition) is 0. The number of pyridine rings is 1. The van der Waals surface area contributed by atoms with Crippen LogP contribution in [0.25, 0.3) is 21.0 Å². The second kappa shape index (κ2) is 7.54. The zero-order chi connectivity index (χ0) is 20.6. The molecule has 5 nitrogen and oxygen atoms in total. The topological polar surface area (TPSA) is 63.2 Å². The second-order valence-electron chi connectivity index (χ2n) is 8.40. The SMILES string of the molecule is CC(C)(C)c1ccc(-c2ncc(-c3ccc(N4CCS(=O)(=O)CC4)cc3)s2)cn1. The summed E-state index contributed by atoms with van der Waals surface area (Å²) in [5.41, 5.74) is 4.31. The summed E-state index contributed by atoms with van der Waals surface area (Å²) in [5.74, 6) is 0.462. The molecule has 29 heavy (non-hydrogen) atoms. The van der Waals surface area contributed by atoms with E-state index in [1.807, 2.05) is 12.4 Å². The molecule has 7 heteroatoms. The third-order valence-corrected chi connectivity index (χ3v) is 7.85. The van der Waals surface area contributed by atoms with Crippen molar-refractivity contribution in [3.63, 3.8) is 0 Å². The first-order valence-electron chi connectivity index (χ1n) is 9.70. The Morgan fingerprint density at radius 1 is 0.897 bits per heavy atom. The van der Waals surface area contributed by atoms with Gasteiger partial charge < -0.3 is 4.90 Å². The fourth-order valence-electron chi connectivity index (χ4n) is 3.31. The van der Waals surface area contributed by atoms with Gasteiger partial charge in [-0.15, -0.1) is 11.3 Å². The highest BCUT2D eigenvalue weighted by molar-refractivity contribution is 7.91. The average molecular weight is 428 g/mol. The maximum absolute atomic E-state index is 11.6. The number of rotatable bonds is 3. The molecular weight excluding hydrogens is 402 g/mol. The molecule has 0 atom stereocenters. The zero-order valence-corrected chi connectivity index (χ0v) is 18.6. The van der Waals surface area contributed by atoms with Crippen molar-refractivity contribution >= 4 is 26.9 Å². The van der Waals surface area contributed by atoms with Crippen LogP contribution >= 0.6 is 11.3 Å². The largest absolute Gasteiger partial charge is 0.369 e. The van der Waals surface area contributed by atoms with Gasteiger partial charge in [-0.05, 0) is 29.8 Å². The lowest BCUT2D eigenvalue weighted by molar-refractivity contribution is 0.569. The molecule has 0 bridgehead atoms. The first kappa shape index (κ1) is 20.0. The van der Waals surface area contributed by atoms with Crippen LogP contribution in [0.4, 0.5) is 5.69 Å². The minimum Gasteiger partial charge on any atom is -0.369 e. The Bertz CT molecular complexity index is 1080. The molecule has 0 N–H and O–H groups in total. The van der Waals surface area contributed by atoms with Gasteiger partial charge in [-0.3, -0.25) is 4.98 Å². The summed E-state index contributed by atoms with van der Waals surface area (Å²) >= 11 is 1.65. The average Bonchev–Trinajstić information content (AvgIpc) is 3.18. The predicted molar refractivity (Wildman–Crippen MR) is 120 cm³/mol. The molecule has 1 saturated heterocycles. The van der Waals surface area contributed by atoms with Crippen LogP contribution in [0.5, 0.6) is 0 Å². The lowest BCUT2D eigenvalue weighted by Crippen LogP contribution is -2.40. The number of thiazole rings is 1. The van der Waals surface area contributed by atoms with Gasteiger partial charge in [0.15, 0.2) is 9.84 Å². The Labute approximate surface area is 176 Å². The molecule has 1 fully saturated rings. The summed E-state index contributed by atoms with van der Waals surface area (Å²) < 4.78 is 23.2.